The molecule has 0 radical (unpaired) electrons. The maximum absolute atomic E-state index is 4.62. The summed E-state index contributed by atoms with van der Waals surface area (Å²) in [5, 5.41) is 3.50. The second-order valence-corrected chi connectivity index (χ2v) is 6.64. The van der Waals surface area contributed by atoms with Crippen LogP contribution < -0.4 is 5.32 Å². The minimum absolute atomic E-state index is 0.951. The van der Waals surface area contributed by atoms with Crippen molar-refractivity contribution in [3.63, 3.8) is 0 Å². The molecule has 1 N–H and O–H groups in total. The van der Waals surface area contributed by atoms with Crippen molar-refractivity contribution in [3.05, 3.63) is 58.4 Å². The zero-order chi connectivity index (χ0) is 14.7. The molecule has 0 saturated carbocycles. The summed E-state index contributed by atoms with van der Waals surface area (Å²) in [5.74, 6) is 0.951. The lowest BCUT2D eigenvalue weighted by molar-refractivity contribution is 0.709. The number of hydrogen-bond donors (Lipinski definition) is 1. The van der Waals surface area contributed by atoms with E-state index in [9.17, 15) is 0 Å². The summed E-state index contributed by atoms with van der Waals surface area (Å²) in [6.45, 7) is 6.47. The van der Waals surface area contributed by atoms with Crippen molar-refractivity contribution in [2.75, 3.05) is 13.1 Å². The molecule has 0 saturated heterocycles. The van der Waals surface area contributed by atoms with Gasteiger partial charge in [-0.1, -0.05) is 18.2 Å². The van der Waals surface area contributed by atoms with Crippen molar-refractivity contribution in [1.29, 1.82) is 0 Å². The molecule has 0 spiro atoms. The lowest BCUT2D eigenvalue weighted by atomic mass is 10.0. The second-order valence-electron chi connectivity index (χ2n) is 5.66. The van der Waals surface area contributed by atoms with Crippen molar-refractivity contribution in [2.24, 2.45) is 0 Å². The van der Waals surface area contributed by atoms with Crippen LogP contribution >= 0.6 is 11.8 Å². The Hall–Kier alpha value is -1.32. The van der Waals surface area contributed by atoms with E-state index < -0.39 is 0 Å². The van der Waals surface area contributed by atoms with Crippen molar-refractivity contribution in [2.45, 2.75) is 37.3 Å². The number of nitrogens with one attached hydrogen (secondary N) is 1. The molecule has 1 aliphatic rings. The van der Waals surface area contributed by atoms with Crippen LogP contribution in [0.2, 0.25) is 0 Å². The molecule has 1 aliphatic heterocycles. The average molecular weight is 298 g/mol. The highest BCUT2D eigenvalue weighted by Gasteiger charge is 2.14. The molecule has 2 aromatic rings. The number of nitrogens with zero attached hydrogens (tertiary/aromatic N) is 1. The molecule has 0 atom stereocenters. The smallest absolute Gasteiger partial charge is 0.0509 e. The lowest BCUT2D eigenvalue weighted by Crippen LogP contribution is -2.16. The molecule has 0 bridgehead atoms. The molecule has 3 rings (SSSR count). The fraction of sp³-hybridized carbons (Fsp3) is 0.389. The third kappa shape index (κ3) is 3.47. The van der Waals surface area contributed by atoms with Gasteiger partial charge in [0.05, 0.1) is 5.69 Å². The molecule has 1 aromatic carbocycles. The Morgan fingerprint density at radius 2 is 1.95 bits per heavy atom. The molecule has 21 heavy (non-hydrogen) atoms. The zero-order valence-electron chi connectivity index (χ0n) is 12.8. The van der Waals surface area contributed by atoms with Crippen LogP contribution in [-0.4, -0.2) is 18.1 Å². The summed E-state index contributed by atoms with van der Waals surface area (Å²) in [6, 6.07) is 10.9. The van der Waals surface area contributed by atoms with Gasteiger partial charge in [-0.25, -0.2) is 0 Å². The Morgan fingerprint density at radius 1 is 1.10 bits per heavy atom. The fourth-order valence-corrected chi connectivity index (χ4v) is 4.04. The highest BCUT2D eigenvalue weighted by Crippen LogP contribution is 2.32. The number of hydrogen-bond acceptors (Lipinski definition) is 3. The normalized spacial score (nSPS) is 14.6. The maximum Gasteiger partial charge on any atom is 0.0509 e. The largest absolute Gasteiger partial charge is 0.316 e. The van der Waals surface area contributed by atoms with Crippen LogP contribution in [0.1, 0.15) is 28.1 Å². The average Bonchev–Trinajstić information content (AvgIpc) is 2.72. The predicted octanol–water partition coefficient (Wildman–Crippen LogP) is 3.68. The molecule has 0 unspecified atom stereocenters. The Labute approximate surface area is 131 Å². The topological polar surface area (TPSA) is 24.9 Å². The van der Waals surface area contributed by atoms with Crippen molar-refractivity contribution < 1.29 is 0 Å². The first-order chi connectivity index (χ1) is 10.2. The lowest BCUT2D eigenvalue weighted by Gasteiger charge is -2.15. The van der Waals surface area contributed by atoms with E-state index in [1.807, 2.05) is 11.8 Å². The molecule has 0 fully saturated rings. The number of aryl methyl sites for hydroxylation is 2. The molecule has 1 aromatic heterocycles. The minimum Gasteiger partial charge on any atom is -0.316 e. The van der Waals surface area contributed by atoms with Gasteiger partial charge in [0, 0.05) is 16.3 Å². The fourth-order valence-electron chi connectivity index (χ4n) is 2.88. The number of thioether (sulfide) groups is 1. The second kappa shape index (κ2) is 6.63. The van der Waals surface area contributed by atoms with E-state index in [1.165, 1.54) is 21.7 Å². The molecule has 0 amide bonds. The predicted molar refractivity (Wildman–Crippen MR) is 90.0 cm³/mol. The van der Waals surface area contributed by atoms with E-state index in [1.54, 1.807) is 5.56 Å². The van der Waals surface area contributed by atoms with Gasteiger partial charge in [-0.05, 0) is 68.6 Å². The van der Waals surface area contributed by atoms with Gasteiger partial charge in [-0.15, -0.1) is 11.8 Å². The molecular formula is C18H22N2S. The summed E-state index contributed by atoms with van der Waals surface area (Å²) in [5.41, 5.74) is 6.74. The molecule has 0 aliphatic carbocycles. The quantitative estimate of drug-likeness (QED) is 0.875. The first kappa shape index (κ1) is 14.6. The Morgan fingerprint density at radius 3 is 2.81 bits per heavy atom. The van der Waals surface area contributed by atoms with Crippen LogP contribution in [-0.2, 0) is 18.6 Å². The van der Waals surface area contributed by atoms with Crippen LogP contribution in [0.3, 0.4) is 0 Å². The first-order valence-electron chi connectivity index (χ1n) is 7.61. The van der Waals surface area contributed by atoms with E-state index >= 15 is 0 Å². The van der Waals surface area contributed by atoms with Gasteiger partial charge in [-0.3, -0.25) is 4.98 Å². The molecule has 2 nitrogen and oxygen atoms in total. The van der Waals surface area contributed by atoms with Crippen LogP contribution in [0.25, 0.3) is 0 Å². The van der Waals surface area contributed by atoms with Gasteiger partial charge in [0.25, 0.3) is 0 Å². The van der Waals surface area contributed by atoms with Gasteiger partial charge < -0.3 is 5.32 Å². The van der Waals surface area contributed by atoms with Gasteiger partial charge in [0.2, 0.25) is 0 Å². The standard InChI is InChI=1S/C18H22N2S/c1-13-6-7-15-8-10-19-11-9-17(15)18(13)21-12-16-5-3-4-14(2)20-16/h3-7,19H,8-12H2,1-2H3. The van der Waals surface area contributed by atoms with Gasteiger partial charge in [-0.2, -0.15) is 0 Å². The number of aromatic nitrogens is 1. The summed E-state index contributed by atoms with van der Waals surface area (Å²) in [7, 11) is 0. The highest BCUT2D eigenvalue weighted by atomic mass is 32.2. The third-order valence-electron chi connectivity index (χ3n) is 3.99. The van der Waals surface area contributed by atoms with E-state index in [2.05, 4.69) is 54.5 Å². The van der Waals surface area contributed by atoms with Crippen LogP contribution in [0.4, 0.5) is 0 Å². The number of rotatable bonds is 3. The monoisotopic (exact) mass is 298 g/mol. The van der Waals surface area contributed by atoms with Crippen molar-refractivity contribution in [3.8, 4) is 0 Å². The number of benzene rings is 1. The van der Waals surface area contributed by atoms with Gasteiger partial charge >= 0.3 is 0 Å². The van der Waals surface area contributed by atoms with Crippen LogP contribution in [0, 0.1) is 13.8 Å². The van der Waals surface area contributed by atoms with Crippen molar-refractivity contribution in [1.82, 2.24) is 10.3 Å². The number of fused-ring (bicyclic) bond motifs is 1. The molecular weight excluding hydrogens is 276 g/mol. The van der Waals surface area contributed by atoms with Gasteiger partial charge in [0.1, 0.15) is 0 Å². The summed E-state index contributed by atoms with van der Waals surface area (Å²) < 4.78 is 0. The number of pyridine rings is 1. The van der Waals surface area contributed by atoms with Crippen LogP contribution in [0.15, 0.2) is 35.2 Å². The third-order valence-corrected chi connectivity index (χ3v) is 5.28. The highest BCUT2D eigenvalue weighted by molar-refractivity contribution is 7.98. The maximum atomic E-state index is 4.62. The molecule has 2 heterocycles. The van der Waals surface area contributed by atoms with Gasteiger partial charge in [0.15, 0.2) is 0 Å². The minimum atomic E-state index is 0.951. The van der Waals surface area contributed by atoms with E-state index in [-0.39, 0.29) is 0 Å². The molecule has 110 valence electrons. The van der Waals surface area contributed by atoms with E-state index in [4.69, 9.17) is 0 Å². The van der Waals surface area contributed by atoms with E-state index in [0.717, 1.165) is 37.4 Å². The zero-order valence-corrected chi connectivity index (χ0v) is 13.6. The Balaban J connectivity index is 1.84. The molecule has 3 heteroatoms. The van der Waals surface area contributed by atoms with E-state index in [0.29, 0.717) is 0 Å². The SMILES string of the molecule is Cc1cccc(CSc2c(C)ccc3c2CCNCC3)n1. The first-order valence-corrected chi connectivity index (χ1v) is 8.60. The van der Waals surface area contributed by atoms with Crippen molar-refractivity contribution >= 4 is 11.8 Å². The summed E-state index contributed by atoms with van der Waals surface area (Å²) >= 11 is 1.94. The Kier molecular flexibility index (Phi) is 4.61. The summed E-state index contributed by atoms with van der Waals surface area (Å²) in [6.07, 6.45) is 2.28. The van der Waals surface area contributed by atoms with Crippen LogP contribution in [0.5, 0.6) is 0 Å². The summed E-state index contributed by atoms with van der Waals surface area (Å²) in [4.78, 5) is 6.09. The Bertz CT molecular complexity index is 637.